The van der Waals surface area contributed by atoms with E-state index >= 15 is 0 Å². The summed E-state index contributed by atoms with van der Waals surface area (Å²) in [6, 6.07) is 6.79. The second kappa shape index (κ2) is 8.96. The molecule has 0 N–H and O–H groups in total. The Hall–Kier alpha value is -4.68. The molecule has 2 aromatic carbocycles. The van der Waals surface area contributed by atoms with Crippen LogP contribution in [-0.4, -0.2) is 30.9 Å². The number of nitrogens with zero attached hydrogens (tertiary/aromatic N) is 5. The van der Waals surface area contributed by atoms with E-state index in [1.54, 1.807) is 6.07 Å². The van der Waals surface area contributed by atoms with Crippen molar-refractivity contribution in [3.63, 3.8) is 0 Å². The van der Waals surface area contributed by atoms with E-state index in [0.717, 1.165) is 48.1 Å². The lowest BCUT2D eigenvalue weighted by molar-refractivity contribution is -0.309. The highest BCUT2D eigenvalue weighted by atomic mass is 19.4. The van der Waals surface area contributed by atoms with Gasteiger partial charge in [-0.3, -0.25) is 4.68 Å². The number of halogens is 5. The maximum Gasteiger partial charge on any atom is 0.417 e. The summed E-state index contributed by atoms with van der Waals surface area (Å²) in [5.41, 5.74) is -0.782. The van der Waals surface area contributed by atoms with Gasteiger partial charge in [-0.1, -0.05) is 23.4 Å². The minimum absolute atomic E-state index is 0.0877. The van der Waals surface area contributed by atoms with Crippen LogP contribution in [0.5, 0.6) is 0 Å². The number of hydrogen-bond donors (Lipinski definition) is 0. The highest BCUT2D eigenvalue weighted by molar-refractivity contribution is 5.75. The van der Waals surface area contributed by atoms with E-state index < -0.39 is 35.4 Å². The van der Waals surface area contributed by atoms with Gasteiger partial charge in [-0.25, -0.2) is 18.7 Å². The average molecular weight is 540 g/mol. The third kappa shape index (κ3) is 4.49. The molecule has 13 heteroatoms. The molecule has 0 spiro atoms. The van der Waals surface area contributed by atoms with E-state index in [9.17, 15) is 31.9 Å². The normalized spacial score (nSPS) is 14.6. The fourth-order valence-corrected chi connectivity index (χ4v) is 4.37. The molecule has 0 bridgehead atoms. The first kappa shape index (κ1) is 24.6. The second-order valence-corrected chi connectivity index (χ2v) is 9.09. The Bertz CT molecular complexity index is 1690. The molecule has 6 rings (SSSR count). The molecule has 1 aromatic heterocycles. The van der Waals surface area contributed by atoms with Crippen LogP contribution < -0.4 is 5.11 Å². The van der Waals surface area contributed by atoms with Crippen molar-refractivity contribution in [1.82, 2.24) is 24.9 Å². The monoisotopic (exact) mass is 540 g/mol. The van der Waals surface area contributed by atoms with Gasteiger partial charge >= 0.3 is 6.18 Å². The molecule has 0 radical (unpaired) electrons. The maximum absolute atomic E-state index is 14.2. The summed E-state index contributed by atoms with van der Waals surface area (Å²) in [7, 11) is 0. The molecule has 1 unspecified atom stereocenters. The zero-order chi connectivity index (χ0) is 27.5. The van der Waals surface area contributed by atoms with Crippen molar-refractivity contribution in [1.29, 1.82) is 0 Å². The van der Waals surface area contributed by atoms with Gasteiger partial charge in [0.15, 0.2) is 29.3 Å². The second-order valence-electron chi connectivity index (χ2n) is 9.09. The molecule has 1 aliphatic carbocycles. The molecule has 0 saturated heterocycles. The van der Waals surface area contributed by atoms with Crippen molar-refractivity contribution in [3.05, 3.63) is 83.4 Å². The van der Waals surface area contributed by atoms with Crippen LogP contribution in [0.15, 0.2) is 59.4 Å². The lowest BCUT2D eigenvalue weighted by atomic mass is 9.98. The highest BCUT2D eigenvalue weighted by Crippen LogP contribution is 2.44. The smallest absolute Gasteiger partial charge is 0.417 e. The maximum atomic E-state index is 14.2. The van der Waals surface area contributed by atoms with Crippen LogP contribution in [-0.2, 0) is 11.0 Å². The highest BCUT2D eigenvalue weighted by Gasteiger charge is 2.37. The minimum Gasteiger partial charge on any atom is -0.547 e. The van der Waals surface area contributed by atoms with Gasteiger partial charge in [-0.05, 0) is 42.5 Å². The number of benzene rings is 2. The van der Waals surface area contributed by atoms with Gasteiger partial charge in [-0.2, -0.15) is 18.3 Å². The molecule has 198 valence electrons. The lowest BCUT2D eigenvalue weighted by Gasteiger charge is -2.17. The number of fused-ring (bicyclic) bond motifs is 1. The first-order valence-electron chi connectivity index (χ1n) is 11.7. The topological polar surface area (TPSA) is 110 Å². The van der Waals surface area contributed by atoms with E-state index in [2.05, 4.69) is 20.2 Å². The van der Waals surface area contributed by atoms with Gasteiger partial charge in [-0.15, -0.1) is 0 Å². The van der Waals surface area contributed by atoms with Crippen molar-refractivity contribution >= 4 is 5.97 Å². The largest absolute Gasteiger partial charge is 0.547 e. The SMILES string of the molecule is O=C([O-])C(c1cc(-c2ccc(C3CC3)cc2C(F)(F)F)no1)n1cc2nc(-c3cccc(F)c3F)nc-2cn1. The standard InChI is InChI=1S/C26H16F5N5O3/c27-17-3-1-2-15(22(17)28)24-33-19-10-32-36(11-20(19)34-24)23(25(37)38)21-9-18(35-39-21)14-7-6-13(12-4-5-12)8-16(14)26(29,30)31/h1-3,6-12,23H,4-5H2,(H,37,38)/p-1. The average Bonchev–Trinajstić information content (AvgIpc) is 3.48. The Balaban J connectivity index is 1.37. The molecule has 39 heavy (non-hydrogen) atoms. The summed E-state index contributed by atoms with van der Waals surface area (Å²) < 4.78 is 75.4. The number of alkyl halides is 3. The molecule has 8 nitrogen and oxygen atoms in total. The fraction of sp³-hybridized carbons (Fsp3) is 0.192. The Morgan fingerprint density at radius 3 is 2.51 bits per heavy atom. The first-order chi connectivity index (χ1) is 18.6. The number of aromatic nitrogens is 5. The van der Waals surface area contributed by atoms with Crippen LogP contribution in [0.3, 0.4) is 0 Å². The van der Waals surface area contributed by atoms with Gasteiger partial charge in [0.25, 0.3) is 0 Å². The first-order valence-corrected chi connectivity index (χ1v) is 11.7. The van der Waals surface area contributed by atoms with Crippen molar-refractivity contribution in [2.45, 2.75) is 31.0 Å². The van der Waals surface area contributed by atoms with Gasteiger partial charge in [0.05, 0.1) is 29.5 Å². The molecule has 3 aromatic rings. The van der Waals surface area contributed by atoms with Crippen molar-refractivity contribution < 1.29 is 36.4 Å². The van der Waals surface area contributed by atoms with Gasteiger partial charge in [0, 0.05) is 11.6 Å². The number of carbonyl (C=O) groups is 1. The summed E-state index contributed by atoms with van der Waals surface area (Å²) in [5.74, 6) is -4.35. The van der Waals surface area contributed by atoms with Gasteiger partial charge < -0.3 is 14.4 Å². The Morgan fingerprint density at radius 2 is 1.79 bits per heavy atom. The third-order valence-electron chi connectivity index (χ3n) is 6.43. The number of hydrogen-bond acceptors (Lipinski definition) is 7. The van der Waals surface area contributed by atoms with Crippen LogP contribution in [0.1, 0.15) is 41.7 Å². The summed E-state index contributed by atoms with van der Waals surface area (Å²) >= 11 is 0. The number of rotatable bonds is 6. The number of imidazole rings is 1. The third-order valence-corrected chi connectivity index (χ3v) is 6.43. The lowest BCUT2D eigenvalue weighted by Crippen LogP contribution is -2.34. The van der Waals surface area contributed by atoms with Crippen LogP contribution in [0, 0.1) is 11.6 Å². The Kier molecular flexibility index (Phi) is 5.66. The van der Waals surface area contributed by atoms with Crippen LogP contribution in [0.2, 0.25) is 0 Å². The van der Waals surface area contributed by atoms with E-state index in [1.165, 1.54) is 18.2 Å². The fourth-order valence-electron chi connectivity index (χ4n) is 4.37. The zero-order valence-corrected chi connectivity index (χ0v) is 19.6. The molecular weight excluding hydrogens is 525 g/mol. The zero-order valence-electron chi connectivity index (χ0n) is 19.6. The summed E-state index contributed by atoms with van der Waals surface area (Å²) in [4.78, 5) is 20.3. The van der Waals surface area contributed by atoms with Crippen molar-refractivity contribution in [2.75, 3.05) is 0 Å². The molecule has 1 atom stereocenters. The number of carboxylic acids is 1. The number of carboxylic acid groups (broad SMARTS) is 1. The molecule has 1 saturated carbocycles. The quantitative estimate of drug-likeness (QED) is 0.289. The Labute approximate surface area is 216 Å². The van der Waals surface area contributed by atoms with Crippen LogP contribution in [0.25, 0.3) is 34.0 Å². The summed E-state index contributed by atoms with van der Waals surface area (Å²) in [6.45, 7) is 0. The predicted octanol–water partition coefficient (Wildman–Crippen LogP) is 4.61. The van der Waals surface area contributed by atoms with Crippen molar-refractivity contribution in [2.24, 2.45) is 0 Å². The van der Waals surface area contributed by atoms with Crippen LogP contribution >= 0.6 is 0 Å². The molecule has 3 heterocycles. The molecular formula is C26H15F5N5O3-. The molecule has 3 aliphatic rings. The summed E-state index contributed by atoms with van der Waals surface area (Å²) in [5, 5.41) is 19.8. The van der Waals surface area contributed by atoms with Crippen LogP contribution in [0.4, 0.5) is 22.0 Å². The molecule has 0 amide bonds. The number of carbonyl (C=O) groups excluding carboxylic acids is 1. The van der Waals surface area contributed by atoms with Gasteiger partial charge in [0.2, 0.25) is 0 Å². The summed E-state index contributed by atoms with van der Waals surface area (Å²) in [6.07, 6.45) is -0.728. The molecule has 1 fully saturated rings. The van der Waals surface area contributed by atoms with Gasteiger partial charge in [0.1, 0.15) is 17.1 Å². The van der Waals surface area contributed by atoms with Crippen molar-refractivity contribution in [3.8, 4) is 34.0 Å². The van der Waals surface area contributed by atoms with E-state index in [-0.39, 0.29) is 45.7 Å². The molecule has 2 aliphatic heterocycles. The Morgan fingerprint density at radius 1 is 1.03 bits per heavy atom. The van der Waals surface area contributed by atoms with E-state index in [4.69, 9.17) is 4.52 Å². The predicted molar refractivity (Wildman–Crippen MR) is 122 cm³/mol. The van der Waals surface area contributed by atoms with E-state index in [0.29, 0.717) is 5.56 Å². The van der Waals surface area contributed by atoms with E-state index in [1.807, 2.05) is 0 Å². The number of aliphatic carboxylic acids is 1. The minimum atomic E-state index is -4.68.